The number of methoxy groups -OCH3 is 1. The van der Waals surface area contributed by atoms with Crippen molar-refractivity contribution in [1.29, 1.82) is 0 Å². The lowest BCUT2D eigenvalue weighted by Crippen LogP contribution is -2.29. The predicted molar refractivity (Wildman–Crippen MR) is 159 cm³/mol. The minimum Gasteiger partial charge on any atom is -0.507 e. The highest BCUT2D eigenvalue weighted by atomic mass is 32.2. The Morgan fingerprint density at radius 3 is 2.27 bits per heavy atom. The van der Waals surface area contributed by atoms with Gasteiger partial charge in [0.15, 0.2) is 4.34 Å². The number of benzene rings is 3. The average molecular weight is 572 g/mol. The van der Waals surface area contributed by atoms with Crippen LogP contribution in [0.1, 0.15) is 49.1 Å². The maximum atomic E-state index is 13.5. The van der Waals surface area contributed by atoms with Crippen LogP contribution in [0.4, 0.5) is 5.13 Å². The van der Waals surface area contributed by atoms with Gasteiger partial charge in [-0.3, -0.25) is 14.5 Å². The summed E-state index contributed by atoms with van der Waals surface area (Å²) in [5.74, 6) is -0.469. The average Bonchev–Trinajstić information content (AvgIpc) is 3.53. The van der Waals surface area contributed by atoms with E-state index < -0.39 is 17.7 Å². The Morgan fingerprint density at radius 2 is 1.65 bits per heavy atom. The number of ether oxygens (including phenoxy) is 1. The number of nitrogens with zero attached hydrogens (tertiary/aromatic N) is 3. The molecule has 0 saturated carbocycles. The number of thioether (sulfide) groups is 1. The first-order chi connectivity index (χ1) is 19.2. The number of amides is 1. The molecule has 0 aliphatic carbocycles. The van der Waals surface area contributed by atoms with Gasteiger partial charge in [0, 0.05) is 11.3 Å². The van der Waals surface area contributed by atoms with Gasteiger partial charge in [-0.2, -0.15) is 0 Å². The van der Waals surface area contributed by atoms with E-state index >= 15 is 0 Å². The number of aliphatic hydroxyl groups excluding tert-OH is 1. The third-order valence-corrected chi connectivity index (χ3v) is 8.83. The van der Waals surface area contributed by atoms with E-state index in [4.69, 9.17) is 4.74 Å². The molecule has 9 heteroatoms. The molecule has 204 valence electrons. The minimum absolute atomic E-state index is 0.00682. The highest BCUT2D eigenvalue weighted by Gasteiger charge is 2.48. The second kappa shape index (κ2) is 11.3. The maximum absolute atomic E-state index is 13.5. The molecule has 5 rings (SSSR count). The number of aliphatic hydroxyl groups is 1. The Hall–Kier alpha value is -3.95. The zero-order valence-electron chi connectivity index (χ0n) is 22.6. The molecule has 0 bridgehead atoms. The van der Waals surface area contributed by atoms with Crippen molar-refractivity contribution in [2.75, 3.05) is 12.0 Å². The van der Waals surface area contributed by atoms with Crippen molar-refractivity contribution < 1.29 is 19.4 Å². The first-order valence-corrected chi connectivity index (χ1v) is 14.5. The Labute approximate surface area is 241 Å². The van der Waals surface area contributed by atoms with E-state index in [0.29, 0.717) is 32.1 Å². The lowest BCUT2D eigenvalue weighted by molar-refractivity contribution is -0.132. The van der Waals surface area contributed by atoms with Crippen LogP contribution in [-0.4, -0.2) is 34.1 Å². The molecule has 0 spiro atoms. The number of hydrogen-bond acceptors (Lipinski definition) is 8. The van der Waals surface area contributed by atoms with Crippen molar-refractivity contribution in [2.45, 2.75) is 42.3 Å². The summed E-state index contributed by atoms with van der Waals surface area (Å²) in [6, 6.07) is 23.6. The smallest absolute Gasteiger partial charge is 0.301 e. The van der Waals surface area contributed by atoms with Gasteiger partial charge in [0.05, 0.1) is 18.7 Å². The van der Waals surface area contributed by atoms with Crippen LogP contribution in [0.2, 0.25) is 0 Å². The molecule has 0 radical (unpaired) electrons. The summed E-state index contributed by atoms with van der Waals surface area (Å²) in [7, 11) is 1.55. The molecule has 2 heterocycles. The third kappa shape index (κ3) is 5.52. The van der Waals surface area contributed by atoms with Crippen LogP contribution in [0.25, 0.3) is 5.76 Å². The van der Waals surface area contributed by atoms with Gasteiger partial charge >= 0.3 is 5.91 Å². The minimum atomic E-state index is -0.865. The lowest BCUT2D eigenvalue weighted by Gasteiger charge is -2.24. The molecular weight excluding hydrogens is 542 g/mol. The van der Waals surface area contributed by atoms with Gasteiger partial charge in [-0.05, 0) is 46.4 Å². The van der Waals surface area contributed by atoms with E-state index in [1.165, 1.54) is 28.0 Å². The molecule has 1 unspecified atom stereocenters. The summed E-state index contributed by atoms with van der Waals surface area (Å²) in [6.45, 7) is 6.36. The lowest BCUT2D eigenvalue weighted by atomic mass is 9.85. The first kappa shape index (κ1) is 27.6. The number of anilines is 1. The molecule has 4 aromatic rings. The quantitative estimate of drug-likeness (QED) is 0.0861. The summed E-state index contributed by atoms with van der Waals surface area (Å²) in [6.07, 6.45) is 0. The molecule has 1 saturated heterocycles. The van der Waals surface area contributed by atoms with Crippen molar-refractivity contribution >= 4 is 45.7 Å². The van der Waals surface area contributed by atoms with E-state index in [0.717, 1.165) is 11.1 Å². The van der Waals surface area contributed by atoms with Crippen LogP contribution in [0.5, 0.6) is 5.75 Å². The monoisotopic (exact) mass is 571 g/mol. The van der Waals surface area contributed by atoms with Gasteiger partial charge in [0.2, 0.25) is 5.13 Å². The van der Waals surface area contributed by atoms with Crippen molar-refractivity contribution in [1.82, 2.24) is 10.2 Å². The normalized spacial score (nSPS) is 16.9. The number of Topliss-reactive ketones (excluding diaryl/α,β-unsaturated/α-hetero) is 1. The van der Waals surface area contributed by atoms with Crippen LogP contribution in [0.15, 0.2) is 88.8 Å². The highest BCUT2D eigenvalue weighted by Crippen LogP contribution is 2.44. The number of hydrogen-bond donors (Lipinski definition) is 1. The summed E-state index contributed by atoms with van der Waals surface area (Å²) in [5.41, 5.74) is 3.28. The molecule has 1 atom stereocenters. The highest BCUT2D eigenvalue weighted by molar-refractivity contribution is 8.00. The Balaban J connectivity index is 1.56. The second-order valence-electron chi connectivity index (χ2n) is 10.4. The van der Waals surface area contributed by atoms with Crippen LogP contribution in [0.3, 0.4) is 0 Å². The number of aromatic nitrogens is 2. The Kier molecular flexibility index (Phi) is 7.78. The van der Waals surface area contributed by atoms with Crippen molar-refractivity contribution in [3.05, 3.63) is 107 Å². The number of carbonyl (C=O) groups excluding carboxylic acids is 2. The topological polar surface area (TPSA) is 92.6 Å². The van der Waals surface area contributed by atoms with E-state index in [9.17, 15) is 14.7 Å². The van der Waals surface area contributed by atoms with Gasteiger partial charge in [-0.1, -0.05) is 98.5 Å². The molecule has 1 aromatic heterocycles. The van der Waals surface area contributed by atoms with E-state index in [2.05, 4.69) is 31.0 Å². The molecule has 1 aliphatic rings. The standard InChI is InChI=1S/C31H29N3O4S2/c1-31(2,3)22-14-10-20(11-15-22)25-24(26(35)21-12-16-23(38-4)17-13-21)27(36)28(37)34(25)29-32-33-30(40-29)39-18-19-8-6-5-7-9-19/h5-17,25,35H,18H2,1-4H3/b26-24-. The van der Waals surface area contributed by atoms with Crippen molar-refractivity contribution in [2.24, 2.45) is 0 Å². The SMILES string of the molecule is COc1ccc(/C(O)=C2/C(=O)C(=O)N(c3nnc(SCc4ccccc4)s3)C2c2ccc(C(C)(C)C)cc2)cc1. The molecule has 7 nitrogen and oxygen atoms in total. The Bertz CT molecular complexity index is 1560. The molecule has 1 fully saturated rings. The Morgan fingerprint density at radius 1 is 0.975 bits per heavy atom. The van der Waals surface area contributed by atoms with E-state index in [1.807, 2.05) is 54.6 Å². The third-order valence-electron chi connectivity index (χ3n) is 6.71. The van der Waals surface area contributed by atoms with Crippen LogP contribution in [0, 0.1) is 0 Å². The predicted octanol–water partition coefficient (Wildman–Crippen LogP) is 6.76. The van der Waals surface area contributed by atoms with Gasteiger partial charge in [0.1, 0.15) is 11.5 Å². The first-order valence-electron chi connectivity index (χ1n) is 12.7. The molecule has 1 aliphatic heterocycles. The number of rotatable bonds is 7. The summed E-state index contributed by atoms with van der Waals surface area (Å²) < 4.78 is 5.90. The molecule has 3 aromatic carbocycles. The van der Waals surface area contributed by atoms with E-state index in [-0.39, 0.29) is 16.7 Å². The van der Waals surface area contributed by atoms with Crippen LogP contribution >= 0.6 is 23.1 Å². The summed E-state index contributed by atoms with van der Waals surface area (Å²) in [4.78, 5) is 28.3. The number of carbonyl (C=O) groups is 2. The molecule has 1 amide bonds. The van der Waals surface area contributed by atoms with Crippen LogP contribution < -0.4 is 9.64 Å². The fourth-order valence-electron chi connectivity index (χ4n) is 4.49. The zero-order chi connectivity index (χ0) is 28.4. The molecule has 1 N–H and O–H groups in total. The van der Waals surface area contributed by atoms with Gasteiger partial charge in [0.25, 0.3) is 5.78 Å². The summed E-state index contributed by atoms with van der Waals surface area (Å²) in [5, 5.41) is 20.3. The second-order valence-corrected chi connectivity index (χ2v) is 12.6. The zero-order valence-corrected chi connectivity index (χ0v) is 24.3. The van der Waals surface area contributed by atoms with Gasteiger partial charge in [-0.25, -0.2) is 0 Å². The summed E-state index contributed by atoms with van der Waals surface area (Å²) >= 11 is 2.76. The van der Waals surface area contributed by atoms with Crippen molar-refractivity contribution in [3.63, 3.8) is 0 Å². The van der Waals surface area contributed by atoms with Crippen molar-refractivity contribution in [3.8, 4) is 5.75 Å². The molecule has 40 heavy (non-hydrogen) atoms. The largest absolute Gasteiger partial charge is 0.507 e. The maximum Gasteiger partial charge on any atom is 0.301 e. The fraction of sp³-hybridized carbons (Fsp3) is 0.226. The number of ketones is 1. The fourth-order valence-corrected chi connectivity index (χ4v) is 6.32. The van der Waals surface area contributed by atoms with E-state index in [1.54, 1.807) is 31.4 Å². The van der Waals surface area contributed by atoms with Gasteiger partial charge in [-0.15, -0.1) is 10.2 Å². The molecular formula is C31H29N3O4S2. The van der Waals surface area contributed by atoms with Crippen LogP contribution in [-0.2, 0) is 20.8 Å². The van der Waals surface area contributed by atoms with Gasteiger partial charge < -0.3 is 9.84 Å².